The first-order valence-corrected chi connectivity index (χ1v) is 7.04. The van der Waals surface area contributed by atoms with Crippen molar-refractivity contribution < 1.29 is 4.74 Å². The lowest BCUT2D eigenvalue weighted by molar-refractivity contribution is 0.242. The fraction of sp³-hybridized carbons (Fsp3) is 0.600. The van der Waals surface area contributed by atoms with Crippen LogP contribution in [0.25, 0.3) is 0 Å². The Balaban J connectivity index is 2.02. The van der Waals surface area contributed by atoms with Crippen molar-refractivity contribution in [2.24, 2.45) is 5.92 Å². The van der Waals surface area contributed by atoms with Crippen LogP contribution in [-0.4, -0.2) is 25.7 Å². The first-order chi connectivity index (χ1) is 9.11. The maximum absolute atomic E-state index is 5.67. The molecule has 4 nitrogen and oxygen atoms in total. The van der Waals surface area contributed by atoms with Gasteiger partial charge in [0.15, 0.2) is 0 Å². The summed E-state index contributed by atoms with van der Waals surface area (Å²) in [5.41, 5.74) is 8.05. The predicted octanol–water partition coefficient (Wildman–Crippen LogP) is 1.85. The van der Waals surface area contributed by atoms with Gasteiger partial charge < -0.3 is 10.1 Å². The highest BCUT2D eigenvalue weighted by molar-refractivity contribution is 5.30. The average Bonchev–Trinajstić information content (AvgIpc) is 2.72. The highest BCUT2D eigenvalue weighted by Crippen LogP contribution is 2.29. The average molecular weight is 263 g/mol. The van der Waals surface area contributed by atoms with Crippen molar-refractivity contribution in [2.75, 3.05) is 13.6 Å². The summed E-state index contributed by atoms with van der Waals surface area (Å²) >= 11 is 0. The fourth-order valence-electron chi connectivity index (χ4n) is 2.56. The minimum Gasteiger partial charge on any atom is -0.491 e. The summed E-state index contributed by atoms with van der Waals surface area (Å²) < 4.78 is 5.67. The topological polar surface area (TPSA) is 45.3 Å². The Morgan fingerprint density at radius 1 is 1.21 bits per heavy atom. The Bertz CT molecular complexity index is 391. The quantitative estimate of drug-likeness (QED) is 0.758. The molecule has 1 aliphatic heterocycles. The number of hydrogen-bond donors (Lipinski definition) is 3. The second-order valence-electron chi connectivity index (χ2n) is 5.53. The van der Waals surface area contributed by atoms with Gasteiger partial charge in [0, 0.05) is 12.6 Å². The van der Waals surface area contributed by atoms with Gasteiger partial charge in [-0.2, -0.15) is 0 Å². The third-order valence-corrected chi connectivity index (χ3v) is 3.62. The first kappa shape index (κ1) is 14.3. The molecule has 3 N–H and O–H groups in total. The van der Waals surface area contributed by atoms with Gasteiger partial charge in [-0.05, 0) is 44.5 Å². The Morgan fingerprint density at radius 2 is 1.89 bits per heavy atom. The summed E-state index contributed by atoms with van der Waals surface area (Å²) in [5, 5.41) is 3.22. The van der Waals surface area contributed by atoms with E-state index >= 15 is 0 Å². The molecule has 0 spiro atoms. The molecule has 1 saturated heterocycles. The minimum absolute atomic E-state index is 0.219. The van der Waals surface area contributed by atoms with E-state index in [-0.39, 0.29) is 6.10 Å². The molecule has 4 heteroatoms. The van der Waals surface area contributed by atoms with Gasteiger partial charge in [-0.25, -0.2) is 5.43 Å². The van der Waals surface area contributed by atoms with Crippen molar-refractivity contribution in [2.45, 2.75) is 39.0 Å². The van der Waals surface area contributed by atoms with E-state index in [0.717, 1.165) is 12.3 Å². The lowest BCUT2D eigenvalue weighted by atomic mass is 9.91. The molecule has 3 unspecified atom stereocenters. The zero-order valence-electron chi connectivity index (χ0n) is 12.2. The van der Waals surface area contributed by atoms with Crippen molar-refractivity contribution in [1.82, 2.24) is 16.2 Å². The van der Waals surface area contributed by atoms with Gasteiger partial charge in [0.1, 0.15) is 5.75 Å². The molecule has 1 fully saturated rings. The molecule has 1 aliphatic rings. The Kier molecular flexibility index (Phi) is 4.80. The zero-order valence-corrected chi connectivity index (χ0v) is 12.2. The Labute approximate surface area is 115 Å². The molecule has 0 amide bonds. The third kappa shape index (κ3) is 3.47. The number of hydrogen-bond acceptors (Lipinski definition) is 4. The van der Waals surface area contributed by atoms with Gasteiger partial charge in [-0.1, -0.05) is 19.1 Å². The number of hydrazine groups is 1. The number of rotatable bonds is 5. The van der Waals surface area contributed by atoms with Crippen LogP contribution in [0.4, 0.5) is 0 Å². The second kappa shape index (κ2) is 6.37. The first-order valence-electron chi connectivity index (χ1n) is 7.04. The fourth-order valence-corrected chi connectivity index (χ4v) is 2.56. The van der Waals surface area contributed by atoms with E-state index in [1.807, 2.05) is 20.9 Å². The van der Waals surface area contributed by atoms with Crippen molar-refractivity contribution in [1.29, 1.82) is 0 Å². The monoisotopic (exact) mass is 263 g/mol. The van der Waals surface area contributed by atoms with E-state index in [1.165, 1.54) is 5.56 Å². The molecule has 0 saturated carbocycles. The Morgan fingerprint density at radius 3 is 2.47 bits per heavy atom. The SMILES string of the molecule is CNCC1NNC(c2ccc(OC(C)C)cc2)C1C. The summed E-state index contributed by atoms with van der Waals surface area (Å²) in [7, 11) is 1.99. The molecule has 19 heavy (non-hydrogen) atoms. The number of nitrogens with one attached hydrogen (secondary N) is 3. The molecule has 3 atom stereocenters. The maximum atomic E-state index is 5.67. The molecular weight excluding hydrogens is 238 g/mol. The summed E-state index contributed by atoms with van der Waals surface area (Å²) in [6, 6.07) is 9.21. The van der Waals surface area contributed by atoms with E-state index in [0.29, 0.717) is 18.0 Å². The highest BCUT2D eigenvalue weighted by Gasteiger charge is 2.32. The lowest BCUT2D eigenvalue weighted by Gasteiger charge is -2.19. The van der Waals surface area contributed by atoms with E-state index in [4.69, 9.17) is 4.74 Å². The van der Waals surface area contributed by atoms with Crippen LogP contribution in [0.1, 0.15) is 32.4 Å². The molecule has 0 aliphatic carbocycles. The van der Waals surface area contributed by atoms with Crippen molar-refractivity contribution >= 4 is 0 Å². The summed E-state index contributed by atoms with van der Waals surface area (Å²) in [6.07, 6.45) is 0.219. The maximum Gasteiger partial charge on any atom is 0.119 e. The smallest absolute Gasteiger partial charge is 0.119 e. The van der Waals surface area contributed by atoms with Crippen molar-refractivity contribution in [3.05, 3.63) is 29.8 Å². The molecule has 106 valence electrons. The van der Waals surface area contributed by atoms with Crippen LogP contribution in [0.3, 0.4) is 0 Å². The molecule has 0 bridgehead atoms. The van der Waals surface area contributed by atoms with Gasteiger partial charge in [-0.15, -0.1) is 0 Å². The number of benzene rings is 1. The van der Waals surface area contributed by atoms with E-state index in [9.17, 15) is 0 Å². The molecule has 1 aromatic carbocycles. The molecular formula is C15H25N3O. The largest absolute Gasteiger partial charge is 0.491 e. The Hall–Kier alpha value is -1.10. The van der Waals surface area contributed by atoms with Crippen LogP contribution in [0.5, 0.6) is 5.75 Å². The normalized spacial score (nSPS) is 26.9. The predicted molar refractivity (Wildman–Crippen MR) is 78.1 cm³/mol. The van der Waals surface area contributed by atoms with Crippen LogP contribution >= 0.6 is 0 Å². The van der Waals surface area contributed by atoms with E-state index in [1.54, 1.807) is 0 Å². The number of likely N-dealkylation sites (N-methyl/N-ethyl adjacent to an activating group) is 1. The van der Waals surface area contributed by atoms with Crippen LogP contribution in [0.15, 0.2) is 24.3 Å². The van der Waals surface area contributed by atoms with Crippen LogP contribution < -0.4 is 20.9 Å². The van der Waals surface area contributed by atoms with E-state index < -0.39 is 0 Å². The van der Waals surface area contributed by atoms with Crippen LogP contribution in [0.2, 0.25) is 0 Å². The van der Waals surface area contributed by atoms with Crippen molar-refractivity contribution in [3.63, 3.8) is 0 Å². The zero-order chi connectivity index (χ0) is 13.8. The summed E-state index contributed by atoms with van der Waals surface area (Å²) in [5.74, 6) is 1.48. The van der Waals surface area contributed by atoms with E-state index in [2.05, 4.69) is 47.4 Å². The molecule has 1 heterocycles. The molecule has 1 aromatic rings. The minimum atomic E-state index is 0.219. The van der Waals surface area contributed by atoms with Gasteiger partial charge in [-0.3, -0.25) is 5.43 Å². The summed E-state index contributed by atoms with van der Waals surface area (Å²) in [6.45, 7) is 7.33. The number of ether oxygens (including phenoxy) is 1. The van der Waals surface area contributed by atoms with Gasteiger partial charge in [0.2, 0.25) is 0 Å². The van der Waals surface area contributed by atoms with Gasteiger partial charge in [0.25, 0.3) is 0 Å². The second-order valence-corrected chi connectivity index (χ2v) is 5.53. The lowest BCUT2D eigenvalue weighted by Crippen LogP contribution is -2.38. The molecule has 0 radical (unpaired) electrons. The molecule has 0 aromatic heterocycles. The molecule has 2 rings (SSSR count). The summed E-state index contributed by atoms with van der Waals surface area (Å²) in [4.78, 5) is 0. The van der Waals surface area contributed by atoms with Gasteiger partial charge >= 0.3 is 0 Å². The van der Waals surface area contributed by atoms with Crippen LogP contribution in [-0.2, 0) is 0 Å². The third-order valence-electron chi connectivity index (χ3n) is 3.62. The van der Waals surface area contributed by atoms with Crippen LogP contribution in [0, 0.1) is 5.92 Å². The van der Waals surface area contributed by atoms with Gasteiger partial charge in [0.05, 0.1) is 12.1 Å². The highest BCUT2D eigenvalue weighted by atomic mass is 16.5. The standard InChI is InChI=1S/C15H25N3O/c1-10(2)19-13-7-5-12(6-8-13)15-11(3)14(9-16-4)17-18-15/h5-8,10-11,14-18H,9H2,1-4H3. The van der Waals surface area contributed by atoms with Crippen molar-refractivity contribution in [3.8, 4) is 5.75 Å².